The number of nitrogens with zero attached hydrogens (tertiary/aromatic N) is 3. The van der Waals surface area contributed by atoms with E-state index in [-0.39, 0.29) is 11.4 Å². The molecule has 1 heterocycles. The Labute approximate surface area is 155 Å². The Balaban J connectivity index is 2.01. The van der Waals surface area contributed by atoms with Crippen molar-refractivity contribution in [1.29, 1.82) is 0 Å². The Bertz CT molecular complexity index is 988. The maximum absolute atomic E-state index is 11.0. The molecule has 27 heavy (non-hydrogen) atoms. The monoisotopic (exact) mass is 363 g/mol. The Morgan fingerprint density at radius 3 is 2.52 bits per heavy atom. The van der Waals surface area contributed by atoms with Gasteiger partial charge in [-0.15, -0.1) is 0 Å². The van der Waals surface area contributed by atoms with Crippen molar-refractivity contribution in [2.75, 3.05) is 0 Å². The molecule has 0 spiro atoms. The van der Waals surface area contributed by atoms with Gasteiger partial charge >= 0.3 is 0 Å². The molecule has 2 aromatic carbocycles. The first-order chi connectivity index (χ1) is 13.1. The second kappa shape index (κ2) is 8.09. The van der Waals surface area contributed by atoms with Crippen LogP contribution in [0.3, 0.4) is 0 Å². The summed E-state index contributed by atoms with van der Waals surface area (Å²) in [5, 5.41) is 33.5. The van der Waals surface area contributed by atoms with Gasteiger partial charge in [-0.3, -0.25) is 15.1 Å². The molecule has 0 amide bonds. The first-order valence-electron chi connectivity index (χ1n) is 8.25. The van der Waals surface area contributed by atoms with Gasteiger partial charge in [0.2, 0.25) is 0 Å². The van der Waals surface area contributed by atoms with Crippen molar-refractivity contribution in [2.45, 2.75) is 12.8 Å². The number of nitro benzene ring substituents is 1. The van der Waals surface area contributed by atoms with Crippen LogP contribution in [0.2, 0.25) is 0 Å². The van der Waals surface area contributed by atoms with Gasteiger partial charge in [0.25, 0.3) is 5.69 Å². The molecule has 3 rings (SSSR count). The number of nitro groups is 1. The number of pyridine rings is 1. The fraction of sp³-hybridized carbons (Fsp3) is 0.100. The third-order valence-electron chi connectivity index (χ3n) is 4.22. The lowest BCUT2D eigenvalue weighted by atomic mass is 9.95. The Morgan fingerprint density at radius 1 is 1.07 bits per heavy atom. The van der Waals surface area contributed by atoms with Gasteiger partial charge in [0.05, 0.1) is 11.1 Å². The van der Waals surface area contributed by atoms with Gasteiger partial charge in [0.15, 0.2) is 0 Å². The van der Waals surface area contributed by atoms with Gasteiger partial charge in [0, 0.05) is 35.7 Å². The number of rotatable bonds is 6. The van der Waals surface area contributed by atoms with Crippen LogP contribution < -0.4 is 0 Å². The minimum absolute atomic E-state index is 0.0635. The summed E-state index contributed by atoms with van der Waals surface area (Å²) >= 11 is 0. The average Bonchev–Trinajstić information content (AvgIpc) is 2.69. The molecule has 0 saturated carbocycles. The Morgan fingerprint density at radius 2 is 1.81 bits per heavy atom. The number of oxime groups is 1. The van der Waals surface area contributed by atoms with Crippen LogP contribution in [0, 0.1) is 10.1 Å². The Kier molecular flexibility index (Phi) is 5.41. The third-order valence-corrected chi connectivity index (χ3v) is 4.22. The van der Waals surface area contributed by atoms with Crippen LogP contribution in [0.5, 0.6) is 5.75 Å². The number of phenols is 1. The SMILES string of the molecule is O=[N+]([O-])c1cccc(-c2cc(CCc3ccncc3)cc(/C=N/O)c2O)c1. The maximum atomic E-state index is 11.0. The van der Waals surface area contributed by atoms with Gasteiger partial charge < -0.3 is 10.3 Å². The average molecular weight is 363 g/mol. The van der Waals surface area contributed by atoms with Crippen molar-refractivity contribution in [2.24, 2.45) is 5.16 Å². The number of hydrogen-bond donors (Lipinski definition) is 2. The van der Waals surface area contributed by atoms with E-state index in [9.17, 15) is 15.2 Å². The quantitative estimate of drug-likeness (QED) is 0.298. The molecular weight excluding hydrogens is 346 g/mol. The summed E-state index contributed by atoms with van der Waals surface area (Å²) in [6, 6.07) is 13.4. The molecule has 0 unspecified atom stereocenters. The molecule has 0 aliphatic carbocycles. The van der Waals surface area contributed by atoms with E-state index in [1.807, 2.05) is 12.1 Å². The molecule has 2 N–H and O–H groups in total. The van der Waals surface area contributed by atoms with Crippen molar-refractivity contribution < 1.29 is 15.2 Å². The molecule has 0 aliphatic heterocycles. The van der Waals surface area contributed by atoms with Crippen molar-refractivity contribution in [3.05, 3.63) is 87.7 Å². The van der Waals surface area contributed by atoms with Crippen LogP contribution in [0.25, 0.3) is 11.1 Å². The van der Waals surface area contributed by atoms with Gasteiger partial charge in [-0.2, -0.15) is 0 Å². The van der Waals surface area contributed by atoms with E-state index in [1.165, 1.54) is 12.1 Å². The van der Waals surface area contributed by atoms with Crippen molar-refractivity contribution in [1.82, 2.24) is 4.98 Å². The minimum Gasteiger partial charge on any atom is -0.507 e. The summed E-state index contributed by atoms with van der Waals surface area (Å²) in [5.41, 5.74) is 3.26. The Hall–Kier alpha value is -3.74. The highest BCUT2D eigenvalue weighted by atomic mass is 16.6. The number of hydrogen-bond acceptors (Lipinski definition) is 6. The molecule has 0 fully saturated rings. The first-order valence-corrected chi connectivity index (χ1v) is 8.25. The minimum atomic E-state index is -0.482. The number of non-ortho nitro benzene ring substituents is 1. The highest BCUT2D eigenvalue weighted by molar-refractivity contribution is 5.89. The number of phenolic OH excluding ortho intramolecular Hbond substituents is 1. The van der Waals surface area contributed by atoms with Crippen LogP contribution in [0.1, 0.15) is 16.7 Å². The summed E-state index contributed by atoms with van der Waals surface area (Å²) < 4.78 is 0. The number of benzene rings is 2. The number of aromatic hydroxyl groups is 1. The molecule has 0 aliphatic rings. The normalized spacial score (nSPS) is 11.0. The van der Waals surface area contributed by atoms with E-state index >= 15 is 0 Å². The van der Waals surface area contributed by atoms with Crippen molar-refractivity contribution in [3.63, 3.8) is 0 Å². The molecular formula is C20H17N3O4. The van der Waals surface area contributed by atoms with E-state index in [2.05, 4.69) is 10.1 Å². The molecule has 0 atom stereocenters. The molecule has 0 radical (unpaired) electrons. The van der Waals surface area contributed by atoms with Crippen LogP contribution in [-0.2, 0) is 12.8 Å². The predicted molar refractivity (Wildman–Crippen MR) is 101 cm³/mol. The van der Waals surface area contributed by atoms with E-state index in [0.29, 0.717) is 23.1 Å². The van der Waals surface area contributed by atoms with Gasteiger partial charge in [0.1, 0.15) is 5.75 Å². The molecule has 3 aromatic rings. The summed E-state index contributed by atoms with van der Waals surface area (Å²) in [7, 11) is 0. The zero-order valence-corrected chi connectivity index (χ0v) is 14.3. The van der Waals surface area contributed by atoms with Crippen molar-refractivity contribution in [3.8, 4) is 16.9 Å². The van der Waals surface area contributed by atoms with E-state index in [4.69, 9.17) is 5.21 Å². The maximum Gasteiger partial charge on any atom is 0.270 e. The van der Waals surface area contributed by atoms with E-state index in [0.717, 1.165) is 23.8 Å². The standard InChI is InChI=1S/C20H17N3O4/c24-20-17(13-22-25)10-15(5-4-14-6-8-21-9-7-14)11-19(20)16-2-1-3-18(12-16)23(26)27/h1-3,6-13,24-25H,4-5H2/b22-13+. The van der Waals surface area contributed by atoms with Crippen molar-refractivity contribution >= 4 is 11.9 Å². The summed E-state index contributed by atoms with van der Waals surface area (Å²) in [5.74, 6) is -0.0963. The topological polar surface area (TPSA) is 109 Å². The molecule has 1 aromatic heterocycles. The summed E-state index contributed by atoms with van der Waals surface area (Å²) in [4.78, 5) is 14.6. The largest absolute Gasteiger partial charge is 0.507 e. The van der Waals surface area contributed by atoms with Crippen LogP contribution >= 0.6 is 0 Å². The van der Waals surface area contributed by atoms with Crippen LogP contribution in [-0.4, -0.2) is 26.4 Å². The van der Waals surface area contributed by atoms with Gasteiger partial charge in [-0.1, -0.05) is 17.3 Å². The summed E-state index contributed by atoms with van der Waals surface area (Å²) in [6.45, 7) is 0. The van der Waals surface area contributed by atoms with Gasteiger partial charge in [-0.25, -0.2) is 0 Å². The lowest BCUT2D eigenvalue weighted by Gasteiger charge is -2.11. The predicted octanol–water partition coefficient (Wildman–Crippen LogP) is 3.96. The smallest absolute Gasteiger partial charge is 0.270 e. The zero-order valence-electron chi connectivity index (χ0n) is 14.3. The molecule has 0 saturated heterocycles. The van der Waals surface area contributed by atoms with Crippen LogP contribution in [0.15, 0.2) is 66.1 Å². The second-order valence-corrected chi connectivity index (χ2v) is 5.99. The second-order valence-electron chi connectivity index (χ2n) is 5.99. The lowest BCUT2D eigenvalue weighted by molar-refractivity contribution is -0.384. The number of aromatic nitrogens is 1. The summed E-state index contributed by atoms with van der Waals surface area (Å²) in [6.07, 6.45) is 6.04. The highest BCUT2D eigenvalue weighted by Crippen LogP contribution is 2.35. The lowest BCUT2D eigenvalue weighted by Crippen LogP contribution is -1.96. The van der Waals surface area contributed by atoms with Crippen LogP contribution in [0.4, 0.5) is 5.69 Å². The van der Waals surface area contributed by atoms with E-state index < -0.39 is 4.92 Å². The van der Waals surface area contributed by atoms with Gasteiger partial charge in [-0.05, 0) is 53.8 Å². The highest BCUT2D eigenvalue weighted by Gasteiger charge is 2.14. The fourth-order valence-electron chi connectivity index (χ4n) is 2.87. The van der Waals surface area contributed by atoms with E-state index in [1.54, 1.807) is 36.7 Å². The molecule has 136 valence electrons. The zero-order chi connectivity index (χ0) is 19.2. The fourth-order valence-corrected chi connectivity index (χ4v) is 2.87. The number of aryl methyl sites for hydroxylation is 2. The molecule has 7 nitrogen and oxygen atoms in total. The molecule has 7 heteroatoms. The third kappa shape index (κ3) is 4.27. The first kappa shape index (κ1) is 18.1. The molecule has 0 bridgehead atoms.